The summed E-state index contributed by atoms with van der Waals surface area (Å²) in [6.45, 7) is 3.70. The third-order valence-corrected chi connectivity index (χ3v) is 5.66. The number of ether oxygens (including phenoxy) is 2. The lowest BCUT2D eigenvalue weighted by molar-refractivity contribution is -0.138. The maximum absolute atomic E-state index is 12.1. The molecule has 0 saturated carbocycles. The highest BCUT2D eigenvalue weighted by molar-refractivity contribution is 5.98. The van der Waals surface area contributed by atoms with Crippen LogP contribution in [0.1, 0.15) is 48.1 Å². The van der Waals surface area contributed by atoms with Gasteiger partial charge in [-0.15, -0.1) is 0 Å². The van der Waals surface area contributed by atoms with Gasteiger partial charge in [-0.2, -0.15) is 10.5 Å². The molecule has 0 aliphatic carbocycles. The zero-order chi connectivity index (χ0) is 27.7. The molecule has 2 aromatic heterocycles. The van der Waals surface area contributed by atoms with E-state index in [1.165, 1.54) is 12.2 Å². The van der Waals surface area contributed by atoms with Crippen LogP contribution in [0.5, 0.6) is 0 Å². The van der Waals surface area contributed by atoms with Crippen molar-refractivity contribution in [2.75, 3.05) is 32.2 Å². The Morgan fingerprint density at radius 2 is 1.26 bits per heavy atom. The van der Waals surface area contributed by atoms with Crippen molar-refractivity contribution in [3.05, 3.63) is 88.0 Å². The van der Waals surface area contributed by atoms with Gasteiger partial charge < -0.3 is 24.3 Å². The summed E-state index contributed by atoms with van der Waals surface area (Å²) in [6.07, 6.45) is 2.91. The lowest BCUT2D eigenvalue weighted by Crippen LogP contribution is -2.09. The van der Waals surface area contributed by atoms with Gasteiger partial charge in [0, 0.05) is 42.6 Å². The summed E-state index contributed by atoms with van der Waals surface area (Å²) in [6, 6.07) is 19.2. The number of H-pyrrole nitrogens is 2. The van der Waals surface area contributed by atoms with Crippen LogP contribution in [0.3, 0.4) is 0 Å². The molecule has 1 aromatic carbocycles. The van der Waals surface area contributed by atoms with E-state index >= 15 is 0 Å². The summed E-state index contributed by atoms with van der Waals surface area (Å²) in [5.41, 5.74) is 4.54. The zero-order valence-electron chi connectivity index (χ0n) is 21.7. The van der Waals surface area contributed by atoms with Crippen LogP contribution in [0.15, 0.2) is 59.7 Å². The van der Waals surface area contributed by atoms with Crippen LogP contribution in [-0.4, -0.2) is 49.2 Å². The maximum atomic E-state index is 12.1. The fraction of sp³-hybridized carbons (Fsp3) is 0.241. The van der Waals surface area contributed by atoms with Crippen LogP contribution in [0.2, 0.25) is 0 Å². The third kappa shape index (κ3) is 6.59. The number of hydrogen-bond acceptors (Lipinski definition) is 7. The minimum Gasteiger partial charge on any atom is -0.462 e. The second kappa shape index (κ2) is 12.8. The number of rotatable bonds is 10. The molecule has 0 unspecified atom stereocenters. The van der Waals surface area contributed by atoms with Gasteiger partial charge in [0.1, 0.15) is 23.3 Å². The van der Waals surface area contributed by atoms with E-state index in [2.05, 4.69) is 9.97 Å². The van der Waals surface area contributed by atoms with Gasteiger partial charge in [0.15, 0.2) is 0 Å². The molecule has 0 amide bonds. The number of carbonyl (C=O) groups excluding carboxylic acids is 2. The number of anilines is 1. The maximum Gasteiger partial charge on any atom is 0.348 e. The van der Waals surface area contributed by atoms with E-state index < -0.39 is 11.9 Å². The van der Waals surface area contributed by atoms with E-state index in [1.54, 1.807) is 26.0 Å². The summed E-state index contributed by atoms with van der Waals surface area (Å²) >= 11 is 0. The van der Waals surface area contributed by atoms with Gasteiger partial charge in [-0.25, -0.2) is 9.59 Å². The minimum absolute atomic E-state index is 0.109. The van der Waals surface area contributed by atoms with Crippen molar-refractivity contribution in [3.8, 4) is 12.1 Å². The van der Waals surface area contributed by atoms with E-state index in [9.17, 15) is 20.1 Å². The van der Waals surface area contributed by atoms with E-state index in [0.29, 0.717) is 11.4 Å². The first-order chi connectivity index (χ1) is 18.3. The average Bonchev–Trinajstić information content (AvgIpc) is 3.56. The molecule has 194 valence electrons. The Kier molecular flexibility index (Phi) is 9.28. The van der Waals surface area contributed by atoms with Crippen molar-refractivity contribution >= 4 is 29.8 Å². The molecule has 0 atom stereocenters. The highest BCUT2D eigenvalue weighted by Crippen LogP contribution is 2.32. The number of nitrogens with zero attached hydrogens (tertiary/aromatic N) is 3. The van der Waals surface area contributed by atoms with Crippen LogP contribution < -0.4 is 4.90 Å². The SMILES string of the molecule is CCOC(=O)C(C#N)=Cc1ccc(C(c2ccc(N(C)C)cc2)c2ccc(C=C(C#N)C(=O)OCC)[nH]2)[nH]1. The zero-order valence-corrected chi connectivity index (χ0v) is 21.7. The van der Waals surface area contributed by atoms with Crippen LogP contribution >= 0.6 is 0 Å². The minimum atomic E-state index is -0.683. The third-order valence-electron chi connectivity index (χ3n) is 5.66. The highest BCUT2D eigenvalue weighted by Gasteiger charge is 2.21. The van der Waals surface area contributed by atoms with Gasteiger partial charge >= 0.3 is 11.9 Å². The van der Waals surface area contributed by atoms with Crippen LogP contribution in [0.25, 0.3) is 12.2 Å². The molecule has 38 heavy (non-hydrogen) atoms. The number of hydrogen-bond donors (Lipinski definition) is 2. The quantitative estimate of drug-likeness (QED) is 0.232. The standard InChI is InChI=1S/C29H29N5O4/c1-5-37-28(35)20(17-30)15-22-9-13-25(32-22)27(19-7-11-24(12-8-19)34(3)4)26-14-10-23(33-26)16-21(18-31)29(36)38-6-2/h7-16,27,32-33H,5-6H2,1-4H3. The average molecular weight is 512 g/mol. The lowest BCUT2D eigenvalue weighted by Gasteiger charge is -2.18. The normalized spacial score (nSPS) is 12.3. The van der Waals surface area contributed by atoms with Crippen molar-refractivity contribution < 1.29 is 19.1 Å². The summed E-state index contributed by atoms with van der Waals surface area (Å²) in [7, 11) is 3.93. The Morgan fingerprint density at radius 3 is 1.63 bits per heavy atom. The number of benzene rings is 1. The van der Waals surface area contributed by atoms with Crippen molar-refractivity contribution in [2.45, 2.75) is 19.8 Å². The summed E-state index contributed by atoms with van der Waals surface area (Å²) in [5, 5.41) is 18.8. The van der Waals surface area contributed by atoms with Gasteiger partial charge in [0.25, 0.3) is 0 Å². The molecule has 2 N–H and O–H groups in total. The molecular weight excluding hydrogens is 482 g/mol. The number of carbonyl (C=O) groups is 2. The largest absolute Gasteiger partial charge is 0.462 e. The molecule has 0 aliphatic rings. The smallest absolute Gasteiger partial charge is 0.348 e. The fourth-order valence-corrected chi connectivity index (χ4v) is 3.86. The molecule has 0 spiro atoms. The Morgan fingerprint density at radius 1 is 0.816 bits per heavy atom. The van der Waals surface area contributed by atoms with Gasteiger partial charge in [-0.3, -0.25) is 0 Å². The topological polar surface area (TPSA) is 135 Å². The Bertz CT molecular complexity index is 1340. The Labute approximate surface area is 221 Å². The van der Waals surface area contributed by atoms with Crippen molar-refractivity contribution in [2.24, 2.45) is 0 Å². The first-order valence-electron chi connectivity index (χ1n) is 12.0. The van der Waals surface area contributed by atoms with Crippen LogP contribution in [0, 0.1) is 22.7 Å². The fourth-order valence-electron chi connectivity index (χ4n) is 3.86. The molecule has 9 heteroatoms. The molecule has 3 aromatic rings. The molecule has 0 saturated heterocycles. The predicted octanol–water partition coefficient (Wildman–Crippen LogP) is 4.53. The van der Waals surface area contributed by atoms with E-state index in [4.69, 9.17) is 9.47 Å². The second-order valence-corrected chi connectivity index (χ2v) is 8.44. The number of aromatic amines is 2. The van der Waals surface area contributed by atoms with Gasteiger partial charge in [0.2, 0.25) is 0 Å². The van der Waals surface area contributed by atoms with Gasteiger partial charge in [-0.05, 0) is 68.0 Å². The molecule has 0 radical (unpaired) electrons. The lowest BCUT2D eigenvalue weighted by atomic mass is 9.92. The van der Waals surface area contributed by atoms with Crippen LogP contribution in [0.4, 0.5) is 5.69 Å². The van der Waals surface area contributed by atoms with Crippen LogP contribution in [-0.2, 0) is 19.1 Å². The van der Waals surface area contributed by atoms with Gasteiger partial charge in [0.05, 0.1) is 19.1 Å². The van der Waals surface area contributed by atoms with E-state index in [0.717, 1.165) is 22.6 Å². The number of nitrogens with one attached hydrogen (secondary N) is 2. The van der Waals surface area contributed by atoms with E-state index in [-0.39, 0.29) is 30.3 Å². The molecule has 9 nitrogen and oxygen atoms in total. The summed E-state index contributed by atoms with van der Waals surface area (Å²) < 4.78 is 9.90. The molecule has 0 bridgehead atoms. The van der Waals surface area contributed by atoms with E-state index in [1.807, 2.05) is 67.5 Å². The monoisotopic (exact) mass is 511 g/mol. The first-order valence-corrected chi connectivity index (χ1v) is 12.0. The summed E-state index contributed by atoms with van der Waals surface area (Å²) in [5.74, 6) is -1.65. The number of nitriles is 2. The Hall–Kier alpha value is -5.02. The first kappa shape index (κ1) is 27.6. The number of esters is 2. The molecule has 0 aliphatic heterocycles. The molecular formula is C29H29N5O4. The second-order valence-electron chi connectivity index (χ2n) is 8.44. The van der Waals surface area contributed by atoms with Gasteiger partial charge in [-0.1, -0.05) is 12.1 Å². The molecule has 0 fully saturated rings. The molecule has 3 rings (SSSR count). The molecule has 2 heterocycles. The number of aromatic nitrogens is 2. The highest BCUT2D eigenvalue weighted by atomic mass is 16.5. The van der Waals surface area contributed by atoms with Crippen molar-refractivity contribution in [3.63, 3.8) is 0 Å². The summed E-state index contributed by atoms with van der Waals surface area (Å²) in [4.78, 5) is 32.7. The predicted molar refractivity (Wildman–Crippen MR) is 144 cm³/mol. The van der Waals surface area contributed by atoms with Crippen molar-refractivity contribution in [1.29, 1.82) is 10.5 Å². The van der Waals surface area contributed by atoms with Crippen molar-refractivity contribution in [1.82, 2.24) is 9.97 Å². The Balaban J connectivity index is 2.05.